The predicted octanol–water partition coefficient (Wildman–Crippen LogP) is 1.16. The molecule has 0 saturated heterocycles. The molecule has 0 radical (unpaired) electrons. The molecule has 1 aliphatic carbocycles. The number of hydrogen-bond donors (Lipinski definition) is 1. The van der Waals surface area contributed by atoms with Crippen LogP contribution in [0.1, 0.15) is 11.1 Å². The molecule has 5 nitrogen and oxygen atoms in total. The molecule has 0 fully saturated rings. The Balaban J connectivity index is 2.56. The van der Waals surface area contributed by atoms with Gasteiger partial charge in [-0.2, -0.15) is 12.8 Å². The minimum absolute atomic E-state index is 0.149. The quantitative estimate of drug-likeness (QED) is 0.848. The summed E-state index contributed by atoms with van der Waals surface area (Å²) in [4.78, 5) is 0.149. The van der Waals surface area contributed by atoms with Crippen LogP contribution in [0, 0.1) is 6.92 Å². The van der Waals surface area contributed by atoms with E-state index in [4.69, 9.17) is 5.41 Å². The lowest BCUT2D eigenvalue weighted by Gasteiger charge is -2.08. The van der Waals surface area contributed by atoms with Gasteiger partial charge in [0, 0.05) is 11.1 Å². The Hall–Kier alpha value is -2.27. The molecule has 0 spiro atoms. The molecular formula is C15H15N3O2S. The Morgan fingerprint density at radius 3 is 2.67 bits per heavy atom. The normalized spacial score (nSPS) is 16.3. The fourth-order valence-electron chi connectivity index (χ4n) is 1.90. The van der Waals surface area contributed by atoms with Crippen molar-refractivity contribution < 1.29 is 14.2 Å². The fraction of sp³-hybridized carbons (Fsp3) is 0.133. The first-order chi connectivity index (χ1) is 9.97. The largest absolute Gasteiger partial charge is 0.763 e. The van der Waals surface area contributed by atoms with Gasteiger partial charge in [-0.05, 0) is 30.7 Å². The summed E-state index contributed by atoms with van der Waals surface area (Å²) in [6, 6.07) is 5.15. The third-order valence-electron chi connectivity index (χ3n) is 3.06. The predicted molar refractivity (Wildman–Crippen MR) is 82.6 cm³/mol. The first-order valence-corrected chi connectivity index (χ1v) is 7.78. The number of benzene rings is 1. The van der Waals surface area contributed by atoms with Crippen LogP contribution in [0.2, 0.25) is 0 Å². The van der Waals surface area contributed by atoms with E-state index in [1.54, 1.807) is 31.2 Å². The van der Waals surface area contributed by atoms with Gasteiger partial charge in [0.2, 0.25) is 0 Å². The van der Waals surface area contributed by atoms with E-state index in [2.05, 4.69) is 10.1 Å². The van der Waals surface area contributed by atoms with E-state index >= 15 is 0 Å². The molecule has 0 atom stereocenters. The zero-order chi connectivity index (χ0) is 15.5. The summed E-state index contributed by atoms with van der Waals surface area (Å²) in [5.41, 5.74) is 5.57. The first kappa shape index (κ1) is 15.1. The van der Waals surface area contributed by atoms with E-state index in [1.807, 2.05) is 11.9 Å². The van der Waals surface area contributed by atoms with E-state index in [-0.39, 0.29) is 16.2 Å². The van der Waals surface area contributed by atoms with Crippen molar-refractivity contribution in [1.82, 2.24) is 0 Å². The minimum atomic E-state index is -3.86. The average molecular weight is 301 g/mol. The van der Waals surface area contributed by atoms with Gasteiger partial charge in [-0.3, -0.25) is 5.87 Å². The Morgan fingerprint density at radius 1 is 1.29 bits per heavy atom. The molecule has 108 valence electrons. The van der Waals surface area contributed by atoms with E-state index in [0.29, 0.717) is 12.1 Å². The molecule has 0 aliphatic heterocycles. The minimum Gasteiger partial charge on any atom is -0.763 e. The van der Waals surface area contributed by atoms with Gasteiger partial charge >= 0.3 is 0 Å². The second kappa shape index (κ2) is 6.01. The molecule has 0 amide bonds. The summed E-state index contributed by atoms with van der Waals surface area (Å²) in [6.45, 7) is 2.21. The smallest absolute Gasteiger partial charge is 0.283 e. The molecule has 1 aliphatic rings. The summed E-state index contributed by atoms with van der Waals surface area (Å²) in [6.07, 6.45) is 6.36. The van der Waals surface area contributed by atoms with Gasteiger partial charge < -0.3 is 11.1 Å². The molecule has 2 rings (SSSR count). The number of aryl methyl sites for hydroxylation is 1. The lowest BCUT2D eigenvalue weighted by molar-refractivity contribution is -0.386. The molecule has 1 aromatic carbocycles. The second-order valence-corrected chi connectivity index (χ2v) is 6.12. The van der Waals surface area contributed by atoms with Crippen LogP contribution in [-0.4, -0.2) is 20.0 Å². The third kappa shape index (κ3) is 3.25. The van der Waals surface area contributed by atoms with Crippen molar-refractivity contribution >= 4 is 21.6 Å². The maximum atomic E-state index is 12.5. The second-order valence-electron chi connectivity index (χ2n) is 4.55. The van der Waals surface area contributed by atoms with Gasteiger partial charge in [0.25, 0.3) is 10.0 Å². The molecule has 0 heterocycles. The Labute approximate surface area is 123 Å². The van der Waals surface area contributed by atoms with Crippen LogP contribution in [-0.2, 0) is 16.6 Å². The Bertz CT molecular complexity index is 811. The van der Waals surface area contributed by atoms with Crippen LogP contribution in [0.4, 0.5) is 0 Å². The highest BCUT2D eigenvalue weighted by Gasteiger charge is 2.18. The topological polar surface area (TPSA) is 96.4 Å². The molecule has 21 heavy (non-hydrogen) atoms. The maximum Gasteiger partial charge on any atom is 0.283 e. The molecule has 0 aromatic heterocycles. The average Bonchev–Trinajstić information content (AvgIpc) is 2.47. The molecular weight excluding hydrogens is 286 g/mol. The molecule has 1 aromatic rings. The number of hydrogen-bond acceptors (Lipinski definition) is 2. The number of sulfonamides is 1. The Morgan fingerprint density at radius 2 is 2.00 bits per heavy atom. The van der Waals surface area contributed by atoms with Crippen molar-refractivity contribution in [2.75, 3.05) is 0 Å². The van der Waals surface area contributed by atoms with Crippen molar-refractivity contribution in [3.63, 3.8) is 0 Å². The van der Waals surface area contributed by atoms with Crippen molar-refractivity contribution in [3.8, 4) is 0 Å². The number of nitrogens with zero attached hydrogens (tertiary/aromatic N) is 2. The summed E-state index contributed by atoms with van der Waals surface area (Å²) >= 11 is 0. The zero-order valence-corrected chi connectivity index (χ0v) is 12.4. The number of quaternary nitrogens is 1. The summed E-state index contributed by atoms with van der Waals surface area (Å²) in [5.74, 6) is 1.94. The number of rotatable bonds is 3. The lowest BCUT2D eigenvalue weighted by atomic mass is 10.1. The lowest BCUT2D eigenvalue weighted by Crippen LogP contribution is -2.47. The van der Waals surface area contributed by atoms with E-state index in [0.717, 1.165) is 5.56 Å². The highest BCUT2D eigenvalue weighted by Crippen LogP contribution is 2.20. The van der Waals surface area contributed by atoms with Crippen molar-refractivity contribution in [3.05, 3.63) is 64.6 Å². The Kier molecular flexibility index (Phi) is 4.33. The van der Waals surface area contributed by atoms with Crippen molar-refractivity contribution in [2.24, 2.45) is 4.40 Å². The van der Waals surface area contributed by atoms with E-state index in [1.165, 1.54) is 12.2 Å². The van der Waals surface area contributed by atoms with Crippen LogP contribution in [0.25, 0.3) is 5.41 Å². The van der Waals surface area contributed by atoms with Crippen LogP contribution < -0.4 is 5.73 Å². The highest BCUT2D eigenvalue weighted by molar-refractivity contribution is 7.90. The first-order valence-electron chi connectivity index (χ1n) is 6.34. The SMILES string of the molecule is Cc1ccc(C[NH3+])cc1S(=O)(=O)/N=C1/C=CC=CC1=C=[N-]. The number of allylic oxidation sites excluding steroid dienone is 5. The van der Waals surface area contributed by atoms with Crippen LogP contribution >= 0.6 is 0 Å². The summed E-state index contributed by atoms with van der Waals surface area (Å²) in [5, 5.41) is 9.01. The van der Waals surface area contributed by atoms with Crippen LogP contribution in [0.5, 0.6) is 0 Å². The molecule has 0 bridgehead atoms. The van der Waals surface area contributed by atoms with E-state index in [9.17, 15) is 8.42 Å². The van der Waals surface area contributed by atoms with Gasteiger partial charge in [0.1, 0.15) is 0 Å². The van der Waals surface area contributed by atoms with Gasteiger partial charge in [0.05, 0.1) is 17.2 Å². The van der Waals surface area contributed by atoms with Crippen molar-refractivity contribution in [1.29, 1.82) is 0 Å². The van der Waals surface area contributed by atoms with Gasteiger partial charge in [-0.15, -0.1) is 0 Å². The van der Waals surface area contributed by atoms with Gasteiger partial charge in [0.15, 0.2) is 0 Å². The third-order valence-corrected chi connectivity index (χ3v) is 4.49. The molecule has 0 unspecified atom stereocenters. The standard InChI is InChI=1S/C15H14N3O2S/c1-11-6-7-12(9-16)8-15(11)21(19,20)18-14-5-3-2-4-13(14)10-17/h2-8H,9,16H2,1H3/q-1/p+1/b18-14-. The summed E-state index contributed by atoms with van der Waals surface area (Å²) < 4.78 is 28.7. The zero-order valence-electron chi connectivity index (χ0n) is 11.6. The monoisotopic (exact) mass is 301 g/mol. The van der Waals surface area contributed by atoms with Crippen LogP contribution in [0.3, 0.4) is 0 Å². The van der Waals surface area contributed by atoms with E-state index < -0.39 is 10.0 Å². The molecule has 3 N–H and O–H groups in total. The molecule has 6 heteroatoms. The van der Waals surface area contributed by atoms with Gasteiger partial charge in [-0.25, -0.2) is 0 Å². The van der Waals surface area contributed by atoms with Crippen molar-refractivity contribution in [2.45, 2.75) is 18.4 Å². The molecule has 0 saturated carbocycles. The fourth-order valence-corrected chi connectivity index (χ4v) is 3.20. The summed E-state index contributed by atoms with van der Waals surface area (Å²) in [7, 11) is -3.86. The maximum absolute atomic E-state index is 12.5. The highest BCUT2D eigenvalue weighted by atomic mass is 32.2. The van der Waals surface area contributed by atoms with Crippen LogP contribution in [0.15, 0.2) is 57.4 Å². The van der Waals surface area contributed by atoms with Gasteiger partial charge in [-0.1, -0.05) is 24.3 Å².